The van der Waals surface area contributed by atoms with Crippen LogP contribution >= 0.6 is 39.1 Å². The molecule has 0 aliphatic heterocycles. The van der Waals surface area contributed by atoms with Gasteiger partial charge in [0, 0.05) is 15.7 Å². The standard InChI is InChI=1S/C14H13BrCl2N2/c1-8(2)5-10-7-13(17)19-14(18-10)11-6-9(15)3-4-12(11)16/h3-4,6-8H,5H2,1-2H3. The second-order valence-electron chi connectivity index (χ2n) is 4.73. The van der Waals surface area contributed by atoms with Crippen LogP contribution < -0.4 is 0 Å². The van der Waals surface area contributed by atoms with Gasteiger partial charge in [0.15, 0.2) is 5.82 Å². The van der Waals surface area contributed by atoms with E-state index in [0.717, 1.165) is 22.2 Å². The van der Waals surface area contributed by atoms with Crippen LogP contribution in [-0.2, 0) is 6.42 Å². The van der Waals surface area contributed by atoms with Crippen molar-refractivity contribution in [1.29, 1.82) is 0 Å². The molecule has 0 unspecified atom stereocenters. The number of nitrogens with zero attached hydrogens (tertiary/aromatic N) is 2. The first-order chi connectivity index (χ1) is 8.95. The van der Waals surface area contributed by atoms with Gasteiger partial charge in [-0.1, -0.05) is 53.0 Å². The summed E-state index contributed by atoms with van der Waals surface area (Å²) < 4.78 is 0.931. The van der Waals surface area contributed by atoms with Gasteiger partial charge in [-0.05, 0) is 36.6 Å². The topological polar surface area (TPSA) is 25.8 Å². The summed E-state index contributed by atoms with van der Waals surface area (Å²) in [6.45, 7) is 4.28. The van der Waals surface area contributed by atoms with E-state index in [1.807, 2.05) is 18.2 Å². The maximum Gasteiger partial charge on any atom is 0.162 e. The van der Waals surface area contributed by atoms with Crippen LogP contribution in [0.25, 0.3) is 11.4 Å². The molecule has 0 N–H and O–H groups in total. The Bertz CT molecular complexity index is 600. The molecule has 0 atom stereocenters. The Labute approximate surface area is 131 Å². The highest BCUT2D eigenvalue weighted by Gasteiger charge is 2.11. The van der Waals surface area contributed by atoms with Gasteiger partial charge in [-0.3, -0.25) is 0 Å². The molecular formula is C14H13BrCl2N2. The van der Waals surface area contributed by atoms with Crippen LogP contribution in [0, 0.1) is 5.92 Å². The van der Waals surface area contributed by atoms with E-state index in [9.17, 15) is 0 Å². The third-order valence-corrected chi connectivity index (χ3v) is 3.55. The molecule has 2 rings (SSSR count). The van der Waals surface area contributed by atoms with Gasteiger partial charge in [0.2, 0.25) is 0 Å². The van der Waals surface area contributed by atoms with E-state index in [-0.39, 0.29) is 0 Å². The summed E-state index contributed by atoms with van der Waals surface area (Å²) in [5.41, 5.74) is 1.71. The maximum atomic E-state index is 6.20. The summed E-state index contributed by atoms with van der Waals surface area (Å²) in [5, 5.41) is 1.05. The van der Waals surface area contributed by atoms with Gasteiger partial charge in [-0.2, -0.15) is 0 Å². The Morgan fingerprint density at radius 2 is 1.89 bits per heavy atom. The molecule has 5 heteroatoms. The van der Waals surface area contributed by atoms with Crippen molar-refractivity contribution in [2.24, 2.45) is 5.92 Å². The van der Waals surface area contributed by atoms with E-state index in [1.54, 1.807) is 6.07 Å². The lowest BCUT2D eigenvalue weighted by Crippen LogP contribution is -2.01. The average molecular weight is 360 g/mol. The minimum atomic E-state index is 0.441. The van der Waals surface area contributed by atoms with Crippen molar-refractivity contribution in [3.05, 3.63) is 44.6 Å². The first-order valence-corrected chi connectivity index (χ1v) is 7.49. The van der Waals surface area contributed by atoms with Crippen LogP contribution in [-0.4, -0.2) is 9.97 Å². The lowest BCUT2D eigenvalue weighted by atomic mass is 10.1. The quantitative estimate of drug-likeness (QED) is 0.684. The highest BCUT2D eigenvalue weighted by Crippen LogP contribution is 2.29. The van der Waals surface area contributed by atoms with E-state index >= 15 is 0 Å². The van der Waals surface area contributed by atoms with Crippen molar-refractivity contribution in [1.82, 2.24) is 9.97 Å². The number of aromatic nitrogens is 2. The Hall–Kier alpha value is -0.640. The lowest BCUT2D eigenvalue weighted by Gasteiger charge is -2.08. The zero-order valence-corrected chi connectivity index (χ0v) is 13.7. The molecule has 1 aromatic carbocycles. The van der Waals surface area contributed by atoms with E-state index in [0.29, 0.717) is 21.9 Å². The van der Waals surface area contributed by atoms with Crippen LogP contribution in [0.15, 0.2) is 28.7 Å². The highest BCUT2D eigenvalue weighted by atomic mass is 79.9. The van der Waals surface area contributed by atoms with Gasteiger partial charge in [-0.25, -0.2) is 9.97 Å². The van der Waals surface area contributed by atoms with Crippen molar-refractivity contribution in [3.63, 3.8) is 0 Å². The van der Waals surface area contributed by atoms with Crippen LogP contribution in [0.5, 0.6) is 0 Å². The van der Waals surface area contributed by atoms with Gasteiger partial charge in [0.25, 0.3) is 0 Å². The van der Waals surface area contributed by atoms with E-state index in [1.165, 1.54) is 0 Å². The minimum absolute atomic E-state index is 0.441. The molecular weight excluding hydrogens is 347 g/mol. The predicted octanol–water partition coefficient (Wildman–Crippen LogP) is 5.41. The Morgan fingerprint density at radius 3 is 2.58 bits per heavy atom. The molecule has 0 spiro atoms. The summed E-state index contributed by atoms with van der Waals surface area (Å²) in [6, 6.07) is 7.39. The summed E-state index contributed by atoms with van der Waals surface area (Å²) in [6.07, 6.45) is 0.862. The molecule has 0 bridgehead atoms. The fraction of sp³-hybridized carbons (Fsp3) is 0.286. The number of hydrogen-bond donors (Lipinski definition) is 0. The molecule has 0 fully saturated rings. The fourth-order valence-corrected chi connectivity index (χ4v) is 2.55. The highest BCUT2D eigenvalue weighted by molar-refractivity contribution is 9.10. The molecule has 1 heterocycles. The van der Waals surface area contributed by atoms with Gasteiger partial charge < -0.3 is 0 Å². The van der Waals surface area contributed by atoms with Crippen molar-refractivity contribution >= 4 is 39.1 Å². The average Bonchev–Trinajstić information content (AvgIpc) is 2.30. The zero-order chi connectivity index (χ0) is 14.0. The number of hydrogen-bond acceptors (Lipinski definition) is 2. The fourth-order valence-electron chi connectivity index (χ4n) is 1.78. The molecule has 0 saturated heterocycles. The Balaban J connectivity index is 2.49. The summed E-state index contributed by atoms with van der Waals surface area (Å²) in [5.74, 6) is 1.08. The van der Waals surface area contributed by atoms with E-state index < -0.39 is 0 Å². The molecule has 19 heavy (non-hydrogen) atoms. The van der Waals surface area contributed by atoms with Crippen LogP contribution in [0.1, 0.15) is 19.5 Å². The molecule has 0 amide bonds. The van der Waals surface area contributed by atoms with Crippen molar-refractivity contribution < 1.29 is 0 Å². The van der Waals surface area contributed by atoms with Gasteiger partial charge in [0.1, 0.15) is 5.15 Å². The van der Waals surface area contributed by atoms with Gasteiger partial charge in [-0.15, -0.1) is 0 Å². The first kappa shape index (κ1) is 14.8. The first-order valence-electron chi connectivity index (χ1n) is 5.94. The normalized spacial score (nSPS) is 11.1. The minimum Gasteiger partial charge on any atom is -0.233 e. The SMILES string of the molecule is CC(C)Cc1cc(Cl)nc(-c2cc(Br)ccc2Cl)n1. The summed E-state index contributed by atoms with van der Waals surface area (Å²) >= 11 is 15.7. The lowest BCUT2D eigenvalue weighted by molar-refractivity contribution is 0.634. The van der Waals surface area contributed by atoms with E-state index in [4.69, 9.17) is 23.2 Å². The Morgan fingerprint density at radius 1 is 1.16 bits per heavy atom. The molecule has 0 saturated carbocycles. The molecule has 1 aromatic heterocycles. The zero-order valence-electron chi connectivity index (χ0n) is 10.6. The maximum absolute atomic E-state index is 6.20. The van der Waals surface area contributed by atoms with Crippen molar-refractivity contribution in [2.75, 3.05) is 0 Å². The molecule has 0 radical (unpaired) electrons. The van der Waals surface area contributed by atoms with Crippen LogP contribution in [0.2, 0.25) is 10.2 Å². The second kappa shape index (κ2) is 6.21. The summed E-state index contributed by atoms with van der Waals surface area (Å²) in [7, 11) is 0. The monoisotopic (exact) mass is 358 g/mol. The van der Waals surface area contributed by atoms with Gasteiger partial charge >= 0.3 is 0 Å². The molecule has 2 aromatic rings. The van der Waals surface area contributed by atoms with Crippen molar-refractivity contribution in [3.8, 4) is 11.4 Å². The molecule has 0 aliphatic rings. The molecule has 2 nitrogen and oxygen atoms in total. The predicted molar refractivity (Wildman–Crippen MR) is 83.7 cm³/mol. The van der Waals surface area contributed by atoms with E-state index in [2.05, 4.69) is 39.7 Å². The number of halogens is 3. The van der Waals surface area contributed by atoms with Crippen LogP contribution in [0.3, 0.4) is 0 Å². The molecule has 100 valence electrons. The summed E-state index contributed by atoms with van der Waals surface area (Å²) in [4.78, 5) is 8.81. The number of benzene rings is 1. The van der Waals surface area contributed by atoms with Crippen LogP contribution in [0.4, 0.5) is 0 Å². The number of rotatable bonds is 3. The second-order valence-corrected chi connectivity index (χ2v) is 6.44. The third kappa shape index (κ3) is 3.91. The Kier molecular flexibility index (Phi) is 4.82. The third-order valence-electron chi connectivity index (χ3n) is 2.53. The largest absolute Gasteiger partial charge is 0.233 e. The smallest absolute Gasteiger partial charge is 0.162 e. The van der Waals surface area contributed by atoms with Gasteiger partial charge in [0.05, 0.1) is 5.02 Å². The van der Waals surface area contributed by atoms with Crippen molar-refractivity contribution in [2.45, 2.75) is 20.3 Å². The molecule has 0 aliphatic carbocycles.